The molecule has 0 radical (unpaired) electrons. The maximum Gasteiger partial charge on any atom is 0.303 e. The molecule has 2 aromatic rings. The highest BCUT2D eigenvalue weighted by atomic mass is 79.9. The van der Waals surface area contributed by atoms with Gasteiger partial charge >= 0.3 is 5.97 Å². The molecule has 2 saturated carbocycles. The van der Waals surface area contributed by atoms with E-state index in [1.54, 1.807) is 0 Å². The lowest BCUT2D eigenvalue weighted by Crippen LogP contribution is -2.52. The van der Waals surface area contributed by atoms with Crippen molar-refractivity contribution in [1.29, 1.82) is 0 Å². The minimum Gasteiger partial charge on any atom is -0.481 e. The average Bonchev–Trinajstić information content (AvgIpc) is 3.53. The van der Waals surface area contributed by atoms with Gasteiger partial charge in [0, 0.05) is 40.1 Å². The van der Waals surface area contributed by atoms with Gasteiger partial charge < -0.3 is 14.9 Å². The molecule has 172 valence electrons. The number of hydrogen-bond donors (Lipinski definition) is 1. The van der Waals surface area contributed by atoms with E-state index in [-0.39, 0.29) is 48.7 Å². The van der Waals surface area contributed by atoms with E-state index in [2.05, 4.69) is 15.9 Å². The van der Waals surface area contributed by atoms with E-state index in [4.69, 9.17) is 5.11 Å². The molecule has 1 heterocycles. The van der Waals surface area contributed by atoms with Gasteiger partial charge in [0.05, 0.1) is 12.5 Å². The van der Waals surface area contributed by atoms with E-state index in [0.717, 1.165) is 47.8 Å². The number of carboxylic acids is 1. The number of benzene rings is 2. The Labute approximate surface area is 201 Å². The van der Waals surface area contributed by atoms with E-state index in [0.29, 0.717) is 5.56 Å². The standard InChI is InChI=1S/C26H27BrN2O4/c27-17-10-8-16(9-11-17)26(33)29-21-6-2-1-4-19(21)25(20-5-3-7-22(20)29)28(18-12-13-18)23(30)14-15-24(31)32/h1-2,4,6,8-11,18,20,22,25H,3,5,7,12-15H2,(H,31,32). The van der Waals surface area contributed by atoms with E-state index >= 15 is 0 Å². The number of anilines is 1. The molecule has 3 unspecified atom stereocenters. The summed E-state index contributed by atoms with van der Waals surface area (Å²) < 4.78 is 0.928. The zero-order valence-corrected chi connectivity index (χ0v) is 19.9. The predicted octanol–water partition coefficient (Wildman–Crippen LogP) is 5.18. The van der Waals surface area contributed by atoms with Gasteiger partial charge in [-0.3, -0.25) is 14.4 Å². The van der Waals surface area contributed by atoms with Crippen LogP contribution in [0.25, 0.3) is 0 Å². The molecular weight excluding hydrogens is 484 g/mol. The van der Waals surface area contributed by atoms with Crippen LogP contribution in [-0.2, 0) is 9.59 Å². The first-order valence-electron chi connectivity index (χ1n) is 11.7. The first-order valence-corrected chi connectivity index (χ1v) is 12.5. The number of nitrogens with zero attached hydrogens (tertiary/aromatic N) is 2. The number of para-hydroxylation sites is 1. The van der Waals surface area contributed by atoms with Gasteiger partial charge in [0.2, 0.25) is 5.91 Å². The summed E-state index contributed by atoms with van der Waals surface area (Å²) in [5.41, 5.74) is 2.52. The van der Waals surface area contributed by atoms with E-state index in [9.17, 15) is 14.4 Å². The Balaban J connectivity index is 1.55. The van der Waals surface area contributed by atoms with Gasteiger partial charge in [0.15, 0.2) is 0 Å². The monoisotopic (exact) mass is 510 g/mol. The number of carbonyl (C=O) groups is 3. The van der Waals surface area contributed by atoms with Crippen LogP contribution in [0.5, 0.6) is 0 Å². The van der Waals surface area contributed by atoms with Crippen LogP contribution in [0.2, 0.25) is 0 Å². The lowest BCUT2D eigenvalue weighted by Gasteiger charge is -2.48. The predicted molar refractivity (Wildman–Crippen MR) is 128 cm³/mol. The molecule has 1 aliphatic heterocycles. The topological polar surface area (TPSA) is 77.9 Å². The van der Waals surface area contributed by atoms with Crippen LogP contribution in [0.1, 0.15) is 66.9 Å². The summed E-state index contributed by atoms with van der Waals surface area (Å²) in [6.07, 6.45) is 4.63. The minimum atomic E-state index is -0.951. The third-order valence-electron chi connectivity index (χ3n) is 7.17. The highest BCUT2D eigenvalue weighted by molar-refractivity contribution is 9.10. The molecule has 2 amide bonds. The number of carboxylic acid groups (broad SMARTS) is 1. The smallest absolute Gasteiger partial charge is 0.303 e. The maximum absolute atomic E-state index is 13.7. The van der Waals surface area contributed by atoms with Crippen molar-refractivity contribution in [3.8, 4) is 0 Å². The Morgan fingerprint density at radius 2 is 1.70 bits per heavy atom. The molecule has 5 rings (SSSR count). The molecule has 3 atom stereocenters. The molecule has 0 saturated heterocycles. The molecule has 2 aliphatic carbocycles. The van der Waals surface area contributed by atoms with E-state index in [1.165, 1.54) is 0 Å². The molecular formula is C26H27BrN2O4. The van der Waals surface area contributed by atoms with Crippen molar-refractivity contribution in [2.45, 2.75) is 63.1 Å². The highest BCUT2D eigenvalue weighted by Crippen LogP contribution is 2.52. The number of halogens is 1. The molecule has 0 aromatic heterocycles. The van der Waals surface area contributed by atoms with Crippen molar-refractivity contribution in [1.82, 2.24) is 4.90 Å². The number of hydrogen-bond acceptors (Lipinski definition) is 3. The summed E-state index contributed by atoms with van der Waals surface area (Å²) in [4.78, 5) is 42.0. The Hall–Kier alpha value is -2.67. The number of carbonyl (C=O) groups excluding carboxylic acids is 2. The third kappa shape index (κ3) is 4.19. The van der Waals surface area contributed by atoms with Gasteiger partial charge in [-0.15, -0.1) is 0 Å². The first kappa shape index (κ1) is 22.1. The summed E-state index contributed by atoms with van der Waals surface area (Å²) in [6, 6.07) is 15.5. The fourth-order valence-electron chi connectivity index (χ4n) is 5.65. The molecule has 2 fully saturated rings. The second kappa shape index (κ2) is 8.93. The van der Waals surface area contributed by atoms with Crippen molar-refractivity contribution in [3.63, 3.8) is 0 Å². The molecule has 2 aromatic carbocycles. The SMILES string of the molecule is O=C(O)CCC(=O)N(C1CC1)C1c2ccccc2N(C(=O)c2ccc(Br)cc2)C2CCCC21. The van der Waals surface area contributed by atoms with Crippen molar-refractivity contribution in [2.24, 2.45) is 5.92 Å². The van der Waals surface area contributed by atoms with Crippen molar-refractivity contribution in [2.75, 3.05) is 4.90 Å². The maximum atomic E-state index is 13.7. The lowest BCUT2D eigenvalue weighted by atomic mass is 9.81. The van der Waals surface area contributed by atoms with Gasteiger partial charge in [-0.1, -0.05) is 40.5 Å². The number of fused-ring (bicyclic) bond motifs is 2. The normalized spacial score (nSPS) is 23.5. The molecule has 6 nitrogen and oxygen atoms in total. The summed E-state index contributed by atoms with van der Waals surface area (Å²) >= 11 is 3.44. The van der Waals surface area contributed by atoms with E-state index in [1.807, 2.05) is 58.3 Å². The molecule has 33 heavy (non-hydrogen) atoms. The quantitative estimate of drug-likeness (QED) is 0.580. The van der Waals surface area contributed by atoms with Crippen LogP contribution in [0, 0.1) is 5.92 Å². The van der Waals surface area contributed by atoms with Gasteiger partial charge in [-0.25, -0.2) is 0 Å². The Bertz CT molecular complexity index is 1080. The number of aliphatic carboxylic acids is 1. The second-order valence-electron chi connectivity index (χ2n) is 9.27. The molecule has 3 aliphatic rings. The van der Waals surface area contributed by atoms with Crippen LogP contribution in [-0.4, -0.2) is 39.9 Å². The fourth-order valence-corrected chi connectivity index (χ4v) is 5.92. The first-order chi connectivity index (χ1) is 16.0. The second-order valence-corrected chi connectivity index (χ2v) is 10.2. The zero-order chi connectivity index (χ0) is 23.1. The molecule has 0 spiro atoms. The van der Waals surface area contributed by atoms with Crippen LogP contribution in [0.4, 0.5) is 5.69 Å². The van der Waals surface area contributed by atoms with E-state index < -0.39 is 5.97 Å². The highest BCUT2D eigenvalue weighted by Gasteiger charge is 2.51. The van der Waals surface area contributed by atoms with Gasteiger partial charge in [0.1, 0.15) is 0 Å². The summed E-state index contributed by atoms with van der Waals surface area (Å²) in [5, 5.41) is 9.12. The fraction of sp³-hybridized carbons (Fsp3) is 0.423. The van der Waals surface area contributed by atoms with Crippen LogP contribution in [0.3, 0.4) is 0 Å². The average molecular weight is 511 g/mol. The Kier molecular flexibility index (Phi) is 5.99. The minimum absolute atomic E-state index is 0.0134. The largest absolute Gasteiger partial charge is 0.481 e. The summed E-state index contributed by atoms with van der Waals surface area (Å²) in [7, 11) is 0. The Morgan fingerprint density at radius 1 is 0.970 bits per heavy atom. The van der Waals surface area contributed by atoms with Gasteiger partial charge in [-0.2, -0.15) is 0 Å². The van der Waals surface area contributed by atoms with Crippen molar-refractivity contribution < 1.29 is 19.5 Å². The summed E-state index contributed by atoms with van der Waals surface area (Å²) in [5.74, 6) is -0.902. The van der Waals surface area contributed by atoms with Crippen molar-refractivity contribution in [3.05, 3.63) is 64.1 Å². The number of amides is 2. The lowest BCUT2D eigenvalue weighted by molar-refractivity contribution is -0.142. The van der Waals surface area contributed by atoms with Crippen molar-refractivity contribution >= 4 is 39.4 Å². The van der Waals surface area contributed by atoms with Crippen LogP contribution >= 0.6 is 15.9 Å². The third-order valence-corrected chi connectivity index (χ3v) is 7.70. The number of rotatable bonds is 6. The Morgan fingerprint density at radius 3 is 2.39 bits per heavy atom. The van der Waals surface area contributed by atoms with Gasteiger partial charge in [0.25, 0.3) is 5.91 Å². The summed E-state index contributed by atoms with van der Waals surface area (Å²) in [6.45, 7) is 0. The molecule has 7 heteroatoms. The van der Waals surface area contributed by atoms with Crippen LogP contribution < -0.4 is 4.90 Å². The molecule has 1 N–H and O–H groups in total. The molecule has 0 bridgehead atoms. The van der Waals surface area contributed by atoms with Crippen LogP contribution in [0.15, 0.2) is 53.0 Å². The van der Waals surface area contributed by atoms with Gasteiger partial charge in [-0.05, 0) is 61.6 Å². The zero-order valence-electron chi connectivity index (χ0n) is 18.3.